The fourth-order valence-electron chi connectivity index (χ4n) is 11.6. The lowest BCUT2D eigenvalue weighted by atomic mass is 9.85. The van der Waals surface area contributed by atoms with Gasteiger partial charge in [-0.1, -0.05) is 143 Å². The maximum absolute atomic E-state index is 14.4. The van der Waals surface area contributed by atoms with Crippen LogP contribution in [0.1, 0.15) is 146 Å². The summed E-state index contributed by atoms with van der Waals surface area (Å²) in [5.74, 6) is -0.803. The highest BCUT2D eigenvalue weighted by molar-refractivity contribution is 7.22. The van der Waals surface area contributed by atoms with Gasteiger partial charge in [-0.05, 0) is 104 Å². The van der Waals surface area contributed by atoms with Gasteiger partial charge in [-0.15, -0.1) is 11.3 Å². The number of para-hydroxylation sites is 1. The Balaban J connectivity index is 0.700. The maximum atomic E-state index is 14.4. The SMILES string of the molecule is Cc1ncsc1-c1ccc([C@H](C)NC(=O)[C@@H]2C[C@@H](O)CN2C(=O)C(NC(=O)CCCCCCCCCNC(=O)c2nc(N3CCc4cccc(C(=O)Nc5nc6ccccc6s5)c4C3)ccc2-c2cnn(Cc3ccccc3)c2C)C(C)(C)C)cc1. The Labute approximate surface area is 511 Å². The highest BCUT2D eigenvalue weighted by Crippen LogP contribution is 2.34. The summed E-state index contributed by atoms with van der Waals surface area (Å²) in [5, 5.41) is 28.3. The molecule has 5 amide bonds. The van der Waals surface area contributed by atoms with Gasteiger partial charge in [-0.3, -0.25) is 34.0 Å². The molecule has 2 aliphatic rings. The second-order valence-electron chi connectivity index (χ2n) is 23.8. The van der Waals surface area contributed by atoms with Gasteiger partial charge in [-0.2, -0.15) is 5.10 Å². The monoisotopic (exact) mass is 1200 g/mol. The Kier molecular flexibility index (Phi) is 19.5. The number of thiazole rings is 2. The first kappa shape index (κ1) is 61.0. The van der Waals surface area contributed by atoms with Crippen molar-refractivity contribution in [3.63, 3.8) is 0 Å². The van der Waals surface area contributed by atoms with E-state index in [4.69, 9.17) is 10.1 Å². The number of benzene rings is 4. The number of nitrogens with one attached hydrogen (secondary N) is 4. The Morgan fingerprint density at radius 3 is 2.28 bits per heavy atom. The number of amides is 5. The molecule has 86 heavy (non-hydrogen) atoms. The number of carbonyl (C=O) groups excluding carboxylic acids is 5. The molecule has 0 bridgehead atoms. The molecule has 0 aliphatic carbocycles. The van der Waals surface area contributed by atoms with Crippen LogP contribution in [-0.4, -0.2) is 102 Å². The zero-order chi connectivity index (χ0) is 60.5. The van der Waals surface area contributed by atoms with Gasteiger partial charge in [0.15, 0.2) is 5.13 Å². The van der Waals surface area contributed by atoms with Crippen LogP contribution in [0, 0.1) is 19.3 Å². The lowest BCUT2D eigenvalue weighted by molar-refractivity contribution is -0.144. The second-order valence-corrected chi connectivity index (χ2v) is 25.7. The topological polar surface area (TPSA) is 217 Å². The summed E-state index contributed by atoms with van der Waals surface area (Å²) >= 11 is 3.02. The van der Waals surface area contributed by atoms with E-state index in [0.29, 0.717) is 66.8 Å². The quantitative estimate of drug-likeness (QED) is 0.0380. The van der Waals surface area contributed by atoms with Crippen LogP contribution >= 0.6 is 22.7 Å². The summed E-state index contributed by atoms with van der Waals surface area (Å²) in [4.78, 5) is 88.5. The highest BCUT2D eigenvalue weighted by Gasteiger charge is 2.45. The summed E-state index contributed by atoms with van der Waals surface area (Å²) < 4.78 is 2.94. The lowest BCUT2D eigenvalue weighted by Gasteiger charge is -2.35. The number of aryl methyl sites for hydroxylation is 1. The van der Waals surface area contributed by atoms with Crippen LogP contribution in [0.4, 0.5) is 10.9 Å². The van der Waals surface area contributed by atoms with Crippen LogP contribution in [0.15, 0.2) is 121 Å². The molecule has 0 spiro atoms. The van der Waals surface area contributed by atoms with Gasteiger partial charge in [0.25, 0.3) is 11.8 Å². The third-order valence-electron chi connectivity index (χ3n) is 16.4. The highest BCUT2D eigenvalue weighted by atomic mass is 32.1. The van der Waals surface area contributed by atoms with Crippen molar-refractivity contribution in [3.8, 4) is 21.6 Å². The molecule has 4 aromatic carbocycles. The molecule has 1 saturated heterocycles. The zero-order valence-corrected chi connectivity index (χ0v) is 51.5. The number of aromatic nitrogens is 5. The number of fused-ring (bicyclic) bond motifs is 2. The van der Waals surface area contributed by atoms with Crippen LogP contribution in [0.2, 0.25) is 0 Å². The third kappa shape index (κ3) is 14.6. The fourth-order valence-corrected chi connectivity index (χ4v) is 13.2. The van der Waals surface area contributed by atoms with Crippen LogP contribution in [-0.2, 0) is 33.9 Å². The predicted molar refractivity (Wildman–Crippen MR) is 340 cm³/mol. The third-order valence-corrected chi connectivity index (χ3v) is 18.4. The van der Waals surface area contributed by atoms with Crippen LogP contribution in [0.5, 0.6) is 0 Å². The van der Waals surface area contributed by atoms with Crippen molar-refractivity contribution in [1.82, 2.24) is 45.6 Å². The molecule has 0 saturated carbocycles. The Hall–Kier alpha value is -8.13. The molecule has 1 fully saturated rings. The molecule has 6 heterocycles. The van der Waals surface area contributed by atoms with E-state index in [-0.39, 0.29) is 55.0 Å². The molecule has 10 rings (SSSR count). The van der Waals surface area contributed by atoms with E-state index in [1.807, 2.05) is 149 Å². The molecule has 17 nitrogen and oxygen atoms in total. The average Bonchev–Trinajstić information content (AvgIpc) is 2.28. The van der Waals surface area contributed by atoms with Crippen molar-refractivity contribution in [2.45, 2.75) is 143 Å². The number of pyridine rings is 1. The Bertz CT molecular complexity index is 3670. The second kappa shape index (κ2) is 27.5. The number of anilines is 2. The molecule has 4 atom stereocenters. The van der Waals surface area contributed by atoms with E-state index >= 15 is 0 Å². The Morgan fingerprint density at radius 1 is 0.791 bits per heavy atom. The zero-order valence-electron chi connectivity index (χ0n) is 49.9. The molecule has 5 N–H and O–H groups in total. The first-order valence-electron chi connectivity index (χ1n) is 30.0. The fraction of sp³-hybridized carbons (Fsp3) is 0.388. The van der Waals surface area contributed by atoms with Gasteiger partial charge in [0.2, 0.25) is 17.7 Å². The standard InChI is InChI=1S/C67H77N11O6S2/c1-42(46-27-29-48(30-28-46)60-43(2)69-41-85-60)71-63(82)55-36-49(79)39-77(55)65(84)61(67(4,5)6)74-58(80)26-15-10-8-7-9-11-18-34-68-64(83)59-50(52-37-70-78(44(52)3)38-45-20-13-12-14-21-45)31-32-57(73-59)76-35-33-47-22-19-23-51(53(47)40-76)62(81)75-66-72-54-24-16-17-25-56(54)86-66/h12-14,16-17,19-25,27-32,37,41-42,49,55,61,79H,7-11,15,18,26,33-36,38-40H2,1-6H3,(H,68,83)(H,71,82)(H,74,80)(H,72,75,81)/t42-,49+,55-,61?/m0/s1. The van der Waals surface area contributed by atoms with Crippen molar-refractivity contribution in [2.24, 2.45) is 5.41 Å². The molecule has 2 aliphatic heterocycles. The summed E-state index contributed by atoms with van der Waals surface area (Å²) in [5.41, 5.74) is 11.4. The van der Waals surface area contributed by atoms with Gasteiger partial charge < -0.3 is 30.9 Å². The van der Waals surface area contributed by atoms with E-state index in [9.17, 15) is 29.1 Å². The summed E-state index contributed by atoms with van der Waals surface area (Å²) in [6, 6.07) is 33.6. The van der Waals surface area contributed by atoms with E-state index in [0.717, 1.165) is 98.4 Å². The minimum absolute atomic E-state index is 0.00622. The van der Waals surface area contributed by atoms with Crippen molar-refractivity contribution >= 4 is 73.4 Å². The van der Waals surface area contributed by atoms with Crippen LogP contribution in [0.25, 0.3) is 31.8 Å². The van der Waals surface area contributed by atoms with Gasteiger partial charge >= 0.3 is 0 Å². The van der Waals surface area contributed by atoms with Crippen LogP contribution in [0.3, 0.4) is 0 Å². The van der Waals surface area contributed by atoms with Crippen LogP contribution < -0.4 is 26.2 Å². The number of β-amino-alcohol motifs (C(OH)–C–C–N with tert-alkyl or cyclic N) is 1. The normalized spacial score (nSPS) is 15.7. The first-order valence-corrected chi connectivity index (χ1v) is 31.7. The number of unbranched alkanes of at least 4 members (excludes halogenated alkanes) is 6. The predicted octanol–water partition coefficient (Wildman–Crippen LogP) is 11.4. The van der Waals surface area contributed by atoms with E-state index in [1.165, 1.54) is 16.2 Å². The molecule has 4 aromatic heterocycles. The van der Waals surface area contributed by atoms with Crippen molar-refractivity contribution in [3.05, 3.63) is 166 Å². The van der Waals surface area contributed by atoms with Gasteiger partial charge in [0.1, 0.15) is 23.6 Å². The number of carbonyl (C=O) groups is 5. The number of hydrogen-bond acceptors (Lipinski definition) is 13. The number of aliphatic hydroxyl groups excluding tert-OH is 1. The molecule has 1 unspecified atom stereocenters. The summed E-state index contributed by atoms with van der Waals surface area (Å²) in [6.45, 7) is 13.7. The average molecular weight is 1200 g/mol. The number of likely N-dealkylation sites (tertiary alicyclic amines) is 1. The lowest BCUT2D eigenvalue weighted by Crippen LogP contribution is -2.57. The smallest absolute Gasteiger partial charge is 0.270 e. The van der Waals surface area contributed by atoms with E-state index in [2.05, 4.69) is 54.3 Å². The summed E-state index contributed by atoms with van der Waals surface area (Å²) in [7, 11) is 0. The number of nitrogens with zero attached hydrogens (tertiary/aromatic N) is 7. The number of aliphatic hydroxyl groups is 1. The first-order chi connectivity index (χ1) is 41.5. The van der Waals surface area contributed by atoms with Gasteiger partial charge in [0, 0.05) is 61.4 Å². The summed E-state index contributed by atoms with van der Waals surface area (Å²) in [6.07, 6.45) is 8.09. The van der Waals surface area contributed by atoms with Crippen molar-refractivity contribution in [2.75, 3.05) is 29.9 Å². The minimum atomic E-state index is -0.893. The minimum Gasteiger partial charge on any atom is -0.391 e. The van der Waals surface area contributed by atoms with Crippen molar-refractivity contribution < 1.29 is 29.1 Å². The van der Waals surface area contributed by atoms with E-state index in [1.54, 1.807) is 11.3 Å². The number of hydrogen-bond donors (Lipinski definition) is 5. The Morgan fingerprint density at radius 2 is 1.53 bits per heavy atom. The maximum Gasteiger partial charge on any atom is 0.270 e. The molecular weight excluding hydrogens is 1120 g/mol. The van der Waals surface area contributed by atoms with Gasteiger partial charge in [0.05, 0.1) is 51.2 Å². The molecule has 8 aromatic rings. The van der Waals surface area contributed by atoms with E-state index < -0.39 is 23.6 Å². The molecule has 448 valence electrons. The molecule has 0 radical (unpaired) electrons. The number of rotatable bonds is 23. The van der Waals surface area contributed by atoms with Gasteiger partial charge in [-0.25, -0.2) is 15.0 Å². The molecular formula is C67H77N11O6S2. The molecule has 19 heteroatoms. The largest absolute Gasteiger partial charge is 0.391 e. The van der Waals surface area contributed by atoms with Crippen molar-refractivity contribution in [1.29, 1.82) is 0 Å².